The van der Waals surface area contributed by atoms with E-state index < -0.39 is 0 Å². The fraction of sp³-hybridized carbons (Fsp3) is 0.591. The maximum atomic E-state index is 6.76. The van der Waals surface area contributed by atoms with Crippen LogP contribution in [-0.4, -0.2) is 54.1 Å². The lowest BCUT2D eigenvalue weighted by molar-refractivity contribution is 0.224. The van der Waals surface area contributed by atoms with Crippen LogP contribution in [0.15, 0.2) is 30.5 Å². The molecule has 1 unspecified atom stereocenters. The molecule has 0 amide bonds. The average molecular weight is 389 g/mol. The van der Waals surface area contributed by atoms with Crippen LogP contribution in [0.5, 0.6) is 0 Å². The number of likely N-dealkylation sites (N-methyl/N-ethyl adjacent to an activating group) is 1. The van der Waals surface area contributed by atoms with E-state index in [0.29, 0.717) is 5.02 Å². The molecule has 0 bridgehead atoms. The Labute approximate surface area is 168 Å². The van der Waals surface area contributed by atoms with E-state index in [0.717, 1.165) is 48.9 Å². The van der Waals surface area contributed by atoms with Gasteiger partial charge in [-0.25, -0.2) is 0 Å². The van der Waals surface area contributed by atoms with Crippen LogP contribution in [0, 0.1) is 0 Å². The third-order valence-corrected chi connectivity index (χ3v) is 6.10. The molecule has 4 nitrogen and oxygen atoms in total. The first-order valence-electron chi connectivity index (χ1n) is 10.3. The van der Waals surface area contributed by atoms with E-state index in [4.69, 9.17) is 17.3 Å². The molecule has 0 spiro atoms. The molecular formula is C22H33ClN4. The molecule has 1 aromatic carbocycles. The largest absolute Gasteiger partial charge is 0.322 e. The summed E-state index contributed by atoms with van der Waals surface area (Å²) in [6, 6.07) is 7.93. The van der Waals surface area contributed by atoms with Crippen LogP contribution in [0.4, 0.5) is 0 Å². The zero-order chi connectivity index (χ0) is 19.3. The van der Waals surface area contributed by atoms with Crippen molar-refractivity contribution in [1.29, 1.82) is 0 Å². The minimum absolute atomic E-state index is 0.372. The topological polar surface area (TPSA) is 45.4 Å². The van der Waals surface area contributed by atoms with Crippen molar-refractivity contribution >= 4 is 22.5 Å². The van der Waals surface area contributed by atoms with Crippen LogP contribution in [0.1, 0.15) is 45.1 Å². The minimum atomic E-state index is -0.372. The summed E-state index contributed by atoms with van der Waals surface area (Å²) >= 11 is 6.12. The predicted octanol–water partition coefficient (Wildman–Crippen LogP) is 4.26. The number of halogens is 1. The molecule has 148 valence electrons. The number of hydrogen-bond acceptors (Lipinski definition) is 4. The van der Waals surface area contributed by atoms with E-state index >= 15 is 0 Å². The second-order valence-electron chi connectivity index (χ2n) is 8.02. The minimum Gasteiger partial charge on any atom is -0.322 e. The van der Waals surface area contributed by atoms with Gasteiger partial charge in [0.2, 0.25) is 0 Å². The summed E-state index contributed by atoms with van der Waals surface area (Å²) in [5, 5.41) is 1.82. The Bertz CT molecular complexity index is 740. The van der Waals surface area contributed by atoms with Gasteiger partial charge in [0.25, 0.3) is 0 Å². The van der Waals surface area contributed by atoms with Gasteiger partial charge in [0.1, 0.15) is 0 Å². The van der Waals surface area contributed by atoms with Crippen molar-refractivity contribution in [3.8, 4) is 0 Å². The summed E-state index contributed by atoms with van der Waals surface area (Å²) in [5.41, 5.74) is 8.46. The highest BCUT2D eigenvalue weighted by Gasteiger charge is 2.23. The van der Waals surface area contributed by atoms with Crippen LogP contribution >= 0.6 is 11.6 Å². The van der Waals surface area contributed by atoms with E-state index in [1.165, 1.54) is 32.5 Å². The van der Waals surface area contributed by atoms with Gasteiger partial charge in [-0.3, -0.25) is 4.98 Å². The van der Waals surface area contributed by atoms with Crippen LogP contribution in [0.3, 0.4) is 0 Å². The number of rotatable bonds is 9. The monoisotopic (exact) mass is 388 g/mol. The molecule has 2 heterocycles. The number of benzene rings is 1. The number of fused-ring (bicyclic) bond motifs is 1. The first kappa shape index (κ1) is 20.5. The first-order chi connectivity index (χ1) is 13.0. The Morgan fingerprint density at radius 1 is 1.22 bits per heavy atom. The summed E-state index contributed by atoms with van der Waals surface area (Å²) in [6.45, 7) is 11.5. The summed E-state index contributed by atoms with van der Waals surface area (Å²) < 4.78 is 0. The van der Waals surface area contributed by atoms with E-state index in [9.17, 15) is 0 Å². The Hall–Kier alpha value is -1.20. The smallest absolute Gasteiger partial charge is 0.0720 e. The molecule has 1 atom stereocenters. The highest BCUT2D eigenvalue weighted by Crippen LogP contribution is 2.30. The van der Waals surface area contributed by atoms with Gasteiger partial charge < -0.3 is 15.5 Å². The van der Waals surface area contributed by atoms with Crippen molar-refractivity contribution in [3.63, 3.8) is 0 Å². The van der Waals surface area contributed by atoms with Gasteiger partial charge in [0, 0.05) is 35.2 Å². The standard InChI is InChI=1S/C22H33ClN4/c1-3-26(15-16-27-12-4-5-13-27)14-6-10-22(2,24)20-9-11-25-21-17-18(23)7-8-19(20)21/h7-9,11,17H,3-6,10,12-16,24H2,1-2H3. The Kier molecular flexibility index (Phi) is 7.10. The molecule has 1 aromatic heterocycles. The zero-order valence-corrected chi connectivity index (χ0v) is 17.5. The van der Waals surface area contributed by atoms with Gasteiger partial charge >= 0.3 is 0 Å². The molecule has 0 saturated carbocycles. The quantitative estimate of drug-likeness (QED) is 0.697. The summed E-state index contributed by atoms with van der Waals surface area (Å²) in [4.78, 5) is 9.59. The molecule has 1 fully saturated rings. The van der Waals surface area contributed by atoms with Gasteiger partial charge in [-0.15, -0.1) is 0 Å². The lowest BCUT2D eigenvalue weighted by Crippen LogP contribution is -2.37. The zero-order valence-electron chi connectivity index (χ0n) is 16.8. The number of pyridine rings is 1. The van der Waals surface area contributed by atoms with Gasteiger partial charge in [-0.2, -0.15) is 0 Å². The fourth-order valence-electron chi connectivity index (χ4n) is 4.14. The molecule has 1 saturated heterocycles. The molecule has 3 rings (SSSR count). The number of aromatic nitrogens is 1. The van der Waals surface area contributed by atoms with Crippen molar-refractivity contribution < 1.29 is 0 Å². The Morgan fingerprint density at radius 3 is 2.74 bits per heavy atom. The molecule has 0 aliphatic carbocycles. The van der Waals surface area contributed by atoms with E-state index in [1.807, 2.05) is 24.4 Å². The molecule has 1 aliphatic rings. The second kappa shape index (κ2) is 9.33. The summed E-state index contributed by atoms with van der Waals surface area (Å²) in [5.74, 6) is 0. The lowest BCUT2D eigenvalue weighted by Gasteiger charge is -2.29. The van der Waals surface area contributed by atoms with Crippen molar-refractivity contribution in [2.24, 2.45) is 5.73 Å². The van der Waals surface area contributed by atoms with Crippen LogP contribution in [0.25, 0.3) is 10.9 Å². The van der Waals surface area contributed by atoms with Crippen molar-refractivity contribution in [2.45, 2.75) is 45.1 Å². The number of nitrogens with two attached hydrogens (primary N) is 1. The molecule has 2 aromatic rings. The fourth-order valence-corrected chi connectivity index (χ4v) is 4.31. The molecular weight excluding hydrogens is 356 g/mol. The predicted molar refractivity (Wildman–Crippen MR) is 115 cm³/mol. The maximum Gasteiger partial charge on any atom is 0.0720 e. The van der Waals surface area contributed by atoms with Crippen LogP contribution in [-0.2, 0) is 5.54 Å². The second-order valence-corrected chi connectivity index (χ2v) is 8.46. The highest BCUT2D eigenvalue weighted by atomic mass is 35.5. The van der Waals surface area contributed by atoms with Crippen molar-refractivity contribution in [3.05, 3.63) is 41.0 Å². The number of likely N-dealkylation sites (tertiary alicyclic amines) is 1. The van der Waals surface area contributed by atoms with E-state index in [2.05, 4.69) is 34.7 Å². The summed E-state index contributed by atoms with van der Waals surface area (Å²) in [6.07, 6.45) is 6.62. The normalized spacial score (nSPS) is 17.7. The Morgan fingerprint density at radius 2 is 2.00 bits per heavy atom. The third kappa shape index (κ3) is 5.41. The summed E-state index contributed by atoms with van der Waals surface area (Å²) in [7, 11) is 0. The highest BCUT2D eigenvalue weighted by molar-refractivity contribution is 6.31. The van der Waals surface area contributed by atoms with Gasteiger partial charge in [-0.05, 0) is 82.5 Å². The molecule has 2 N–H and O–H groups in total. The van der Waals surface area contributed by atoms with Gasteiger partial charge in [0.15, 0.2) is 0 Å². The average Bonchev–Trinajstić information content (AvgIpc) is 3.17. The molecule has 1 aliphatic heterocycles. The van der Waals surface area contributed by atoms with Gasteiger partial charge in [0.05, 0.1) is 5.52 Å². The van der Waals surface area contributed by atoms with E-state index in [-0.39, 0.29) is 5.54 Å². The number of nitrogens with zero attached hydrogens (tertiary/aromatic N) is 3. The molecule has 5 heteroatoms. The molecule has 0 radical (unpaired) electrons. The van der Waals surface area contributed by atoms with Crippen LogP contribution in [0.2, 0.25) is 5.02 Å². The Balaban J connectivity index is 1.57. The SMILES string of the molecule is CCN(CCCC(C)(N)c1ccnc2cc(Cl)ccc12)CCN1CCCC1. The van der Waals surface area contributed by atoms with Gasteiger partial charge in [-0.1, -0.05) is 24.6 Å². The van der Waals surface area contributed by atoms with E-state index in [1.54, 1.807) is 0 Å². The van der Waals surface area contributed by atoms with Crippen molar-refractivity contribution in [1.82, 2.24) is 14.8 Å². The maximum absolute atomic E-state index is 6.76. The van der Waals surface area contributed by atoms with Crippen LogP contribution < -0.4 is 5.73 Å². The third-order valence-electron chi connectivity index (χ3n) is 5.87. The first-order valence-corrected chi connectivity index (χ1v) is 10.7. The van der Waals surface area contributed by atoms with Crippen molar-refractivity contribution in [2.75, 3.05) is 39.3 Å². The lowest BCUT2D eigenvalue weighted by atomic mass is 9.86. The number of hydrogen-bond donors (Lipinski definition) is 1. The molecule has 27 heavy (non-hydrogen) atoms.